The standard InChI is InChI=1S/C57H47NO2S/c1-33-14-8-9-15-39(33)44-24-21-35(27-53(44)61)46-29-37(57(5,6)7)31-48-47-30-36(56(2,3)4)28-45(34-20-23-42-40-16-10-12-18-49(40)59-51(42)26-34)54(47)58(55(46)48)38-22-25-43-41-17-11-13-19-50(41)60-52(43)32-38/h8-32,61H,1-7H3. The van der Waals surface area contributed by atoms with Crippen molar-refractivity contribution in [2.45, 2.75) is 64.2 Å². The molecule has 3 heterocycles. The zero-order valence-electron chi connectivity index (χ0n) is 35.6. The number of furan rings is 2. The molecule has 0 spiro atoms. The fourth-order valence-corrected chi connectivity index (χ4v) is 9.72. The van der Waals surface area contributed by atoms with Gasteiger partial charge in [0.1, 0.15) is 22.3 Å². The second kappa shape index (κ2) is 13.5. The molecule has 11 aromatic rings. The molecule has 0 saturated carbocycles. The molecule has 0 amide bonds. The Labute approximate surface area is 361 Å². The average Bonchev–Trinajstić information content (AvgIpc) is 3.91. The Hall–Kier alpha value is -6.49. The Morgan fingerprint density at radius 3 is 1.48 bits per heavy atom. The summed E-state index contributed by atoms with van der Waals surface area (Å²) in [5.41, 5.74) is 17.2. The Morgan fingerprint density at radius 2 is 0.902 bits per heavy atom. The van der Waals surface area contributed by atoms with E-state index < -0.39 is 0 Å². The third-order valence-electron chi connectivity index (χ3n) is 12.7. The molecular formula is C57H47NO2S. The molecule has 61 heavy (non-hydrogen) atoms. The molecule has 0 aliphatic carbocycles. The minimum Gasteiger partial charge on any atom is -0.456 e. The van der Waals surface area contributed by atoms with E-state index in [9.17, 15) is 0 Å². The number of fused-ring (bicyclic) bond motifs is 9. The van der Waals surface area contributed by atoms with Crippen molar-refractivity contribution in [3.05, 3.63) is 168 Å². The van der Waals surface area contributed by atoms with Crippen molar-refractivity contribution in [2.24, 2.45) is 0 Å². The number of benzene rings is 8. The zero-order valence-corrected chi connectivity index (χ0v) is 36.5. The van der Waals surface area contributed by atoms with Crippen LogP contribution in [0.5, 0.6) is 0 Å². The van der Waals surface area contributed by atoms with Gasteiger partial charge in [0.2, 0.25) is 0 Å². The minimum absolute atomic E-state index is 0.119. The van der Waals surface area contributed by atoms with Crippen LogP contribution in [-0.4, -0.2) is 4.57 Å². The number of para-hydroxylation sites is 2. The predicted molar refractivity (Wildman–Crippen MR) is 261 cm³/mol. The van der Waals surface area contributed by atoms with Gasteiger partial charge in [0.05, 0.1) is 11.0 Å². The third kappa shape index (κ3) is 6.02. The van der Waals surface area contributed by atoms with Crippen LogP contribution in [0.25, 0.3) is 105 Å². The third-order valence-corrected chi connectivity index (χ3v) is 13.1. The van der Waals surface area contributed by atoms with Crippen molar-refractivity contribution in [2.75, 3.05) is 0 Å². The van der Waals surface area contributed by atoms with Gasteiger partial charge in [-0.1, -0.05) is 120 Å². The first kappa shape index (κ1) is 37.5. The molecule has 8 aromatic carbocycles. The molecule has 0 aliphatic rings. The van der Waals surface area contributed by atoms with Crippen molar-refractivity contribution in [1.29, 1.82) is 0 Å². The van der Waals surface area contributed by atoms with E-state index in [4.69, 9.17) is 21.5 Å². The van der Waals surface area contributed by atoms with Crippen molar-refractivity contribution in [3.63, 3.8) is 0 Å². The molecule has 0 unspecified atom stereocenters. The molecule has 0 aliphatic heterocycles. The number of thiol groups is 1. The fraction of sp³-hybridized carbons (Fsp3) is 0.158. The summed E-state index contributed by atoms with van der Waals surface area (Å²) in [6, 6.07) is 55.1. The maximum Gasteiger partial charge on any atom is 0.137 e. The summed E-state index contributed by atoms with van der Waals surface area (Å²) in [6.07, 6.45) is 0. The molecule has 0 fully saturated rings. The average molecular weight is 810 g/mol. The van der Waals surface area contributed by atoms with Crippen molar-refractivity contribution >= 4 is 78.3 Å². The SMILES string of the molecule is Cc1ccccc1-c1ccc(-c2cc(C(C)(C)C)cc3c4cc(C(C)(C)C)cc(-c5ccc6c(c5)oc5ccccc56)c4n(-c4ccc5c(c4)oc4ccccc45)c23)cc1S. The lowest BCUT2D eigenvalue weighted by Crippen LogP contribution is -2.11. The van der Waals surface area contributed by atoms with Crippen LogP contribution in [0, 0.1) is 6.92 Å². The number of rotatable bonds is 4. The van der Waals surface area contributed by atoms with Gasteiger partial charge in [0, 0.05) is 60.1 Å². The van der Waals surface area contributed by atoms with Crippen LogP contribution < -0.4 is 0 Å². The summed E-state index contributed by atoms with van der Waals surface area (Å²) in [4.78, 5) is 0.947. The van der Waals surface area contributed by atoms with Crippen LogP contribution in [-0.2, 0) is 10.8 Å². The van der Waals surface area contributed by atoms with Crippen LogP contribution >= 0.6 is 12.6 Å². The molecule has 0 bridgehead atoms. The van der Waals surface area contributed by atoms with Gasteiger partial charge in [0.25, 0.3) is 0 Å². The lowest BCUT2D eigenvalue weighted by Gasteiger charge is -2.22. The maximum atomic E-state index is 6.59. The summed E-state index contributed by atoms with van der Waals surface area (Å²) in [7, 11) is 0. The Morgan fingerprint density at radius 1 is 0.410 bits per heavy atom. The van der Waals surface area contributed by atoms with E-state index in [1.807, 2.05) is 12.1 Å². The Balaban J connectivity index is 1.29. The van der Waals surface area contributed by atoms with Crippen LogP contribution in [0.15, 0.2) is 165 Å². The van der Waals surface area contributed by atoms with Gasteiger partial charge < -0.3 is 13.4 Å². The first-order valence-corrected chi connectivity index (χ1v) is 21.7. The molecule has 11 rings (SSSR count). The molecule has 4 heteroatoms. The number of nitrogens with zero attached hydrogens (tertiary/aromatic N) is 1. The highest BCUT2D eigenvalue weighted by atomic mass is 32.1. The highest BCUT2D eigenvalue weighted by molar-refractivity contribution is 7.80. The number of hydrogen-bond acceptors (Lipinski definition) is 3. The lowest BCUT2D eigenvalue weighted by molar-refractivity contribution is 0.590. The summed E-state index contributed by atoms with van der Waals surface area (Å²) in [5.74, 6) is 0. The second-order valence-corrected chi connectivity index (χ2v) is 19.3. The van der Waals surface area contributed by atoms with E-state index >= 15 is 0 Å². The summed E-state index contributed by atoms with van der Waals surface area (Å²) < 4.78 is 15.6. The van der Waals surface area contributed by atoms with Crippen molar-refractivity contribution in [3.8, 4) is 39.1 Å². The Kier molecular flexibility index (Phi) is 8.31. The molecule has 0 saturated heterocycles. The van der Waals surface area contributed by atoms with E-state index in [0.29, 0.717) is 0 Å². The molecule has 3 nitrogen and oxygen atoms in total. The number of aromatic nitrogens is 1. The minimum atomic E-state index is -0.120. The smallest absolute Gasteiger partial charge is 0.137 e. The van der Waals surface area contributed by atoms with Gasteiger partial charge >= 0.3 is 0 Å². The van der Waals surface area contributed by atoms with Crippen LogP contribution in [0.4, 0.5) is 0 Å². The maximum absolute atomic E-state index is 6.59. The molecule has 3 aromatic heterocycles. The largest absolute Gasteiger partial charge is 0.456 e. The van der Waals surface area contributed by atoms with Crippen LogP contribution in [0.1, 0.15) is 58.2 Å². The van der Waals surface area contributed by atoms with E-state index in [1.54, 1.807) is 0 Å². The first-order valence-electron chi connectivity index (χ1n) is 21.2. The van der Waals surface area contributed by atoms with Gasteiger partial charge in [0.15, 0.2) is 0 Å². The second-order valence-electron chi connectivity index (χ2n) is 18.8. The topological polar surface area (TPSA) is 31.2 Å². The van der Waals surface area contributed by atoms with E-state index in [2.05, 4.69) is 193 Å². The molecule has 0 radical (unpaired) electrons. The van der Waals surface area contributed by atoms with Gasteiger partial charge in [-0.3, -0.25) is 0 Å². The fourth-order valence-electron chi connectivity index (χ4n) is 9.39. The number of aryl methyl sites for hydroxylation is 1. The Bertz CT molecular complexity index is 3580. The number of hydrogen-bond donors (Lipinski definition) is 1. The van der Waals surface area contributed by atoms with Gasteiger partial charge in [-0.15, -0.1) is 12.6 Å². The van der Waals surface area contributed by atoms with Crippen molar-refractivity contribution in [1.82, 2.24) is 4.57 Å². The van der Waals surface area contributed by atoms with E-state index in [0.717, 1.165) is 93.3 Å². The van der Waals surface area contributed by atoms with Crippen LogP contribution in [0.3, 0.4) is 0 Å². The van der Waals surface area contributed by atoms with E-state index in [1.165, 1.54) is 33.0 Å². The quantitative estimate of drug-likeness (QED) is 0.180. The first-order chi connectivity index (χ1) is 29.3. The monoisotopic (exact) mass is 809 g/mol. The molecule has 0 atom stereocenters. The van der Waals surface area contributed by atoms with Gasteiger partial charge in [-0.2, -0.15) is 0 Å². The zero-order chi connectivity index (χ0) is 41.9. The molecular weight excluding hydrogens is 763 g/mol. The highest BCUT2D eigenvalue weighted by Crippen LogP contribution is 2.48. The van der Waals surface area contributed by atoms with Gasteiger partial charge in [-0.05, 0) is 123 Å². The van der Waals surface area contributed by atoms with Gasteiger partial charge in [-0.25, -0.2) is 0 Å². The molecule has 0 N–H and O–H groups in total. The summed E-state index contributed by atoms with van der Waals surface area (Å²) in [5, 5.41) is 6.89. The van der Waals surface area contributed by atoms with Crippen molar-refractivity contribution < 1.29 is 8.83 Å². The molecule has 298 valence electrons. The summed E-state index contributed by atoms with van der Waals surface area (Å²) in [6.45, 7) is 16.0. The highest BCUT2D eigenvalue weighted by Gasteiger charge is 2.27. The van der Waals surface area contributed by atoms with Crippen LogP contribution in [0.2, 0.25) is 0 Å². The normalized spacial score (nSPS) is 12.6. The lowest BCUT2D eigenvalue weighted by atomic mass is 9.82. The van der Waals surface area contributed by atoms with E-state index in [-0.39, 0.29) is 10.8 Å². The predicted octanol–water partition coefficient (Wildman–Crippen LogP) is 16.8. The summed E-state index contributed by atoms with van der Waals surface area (Å²) >= 11 is 5.19.